The van der Waals surface area contributed by atoms with Crippen LogP contribution in [0.2, 0.25) is 0 Å². The molecule has 0 bridgehead atoms. The molecule has 1 aromatic rings. The Hall–Kier alpha value is -0.800. The molecule has 3 rings (SSSR count). The highest BCUT2D eigenvalue weighted by atomic mass is 16.3. The molecule has 1 saturated heterocycles. The molecule has 3 unspecified atom stereocenters. The fourth-order valence-corrected chi connectivity index (χ4v) is 3.16. The first-order valence-electron chi connectivity index (χ1n) is 5.80. The maximum absolute atomic E-state index is 9.38. The van der Waals surface area contributed by atoms with Gasteiger partial charge in [-0.3, -0.25) is 0 Å². The number of aliphatic hydroxyl groups excluding tert-OH is 1. The van der Waals surface area contributed by atoms with Gasteiger partial charge in [0.25, 0.3) is 0 Å². The molecule has 3 atom stereocenters. The van der Waals surface area contributed by atoms with E-state index in [1.807, 2.05) is 0 Å². The molecular formula is C12H17NO2. The van der Waals surface area contributed by atoms with E-state index in [1.165, 1.54) is 5.56 Å². The van der Waals surface area contributed by atoms with Crippen LogP contribution in [0, 0.1) is 11.8 Å². The van der Waals surface area contributed by atoms with Crippen LogP contribution < -0.4 is 5.32 Å². The molecule has 82 valence electrons. The van der Waals surface area contributed by atoms with Crippen LogP contribution in [0.4, 0.5) is 0 Å². The first-order chi connectivity index (χ1) is 7.40. The highest BCUT2D eigenvalue weighted by molar-refractivity contribution is 5.26. The molecule has 1 fully saturated rings. The van der Waals surface area contributed by atoms with Crippen LogP contribution in [0.5, 0.6) is 0 Å². The minimum Gasteiger partial charge on any atom is -0.469 e. The second-order valence-electron chi connectivity index (χ2n) is 4.66. The van der Waals surface area contributed by atoms with Crippen molar-refractivity contribution in [3.8, 4) is 0 Å². The first kappa shape index (κ1) is 9.43. The molecule has 0 aromatic carbocycles. The Kier molecular flexibility index (Phi) is 2.29. The van der Waals surface area contributed by atoms with Crippen LogP contribution in [-0.4, -0.2) is 18.3 Å². The van der Waals surface area contributed by atoms with Crippen molar-refractivity contribution in [2.45, 2.75) is 25.3 Å². The zero-order chi connectivity index (χ0) is 10.3. The molecule has 2 heterocycles. The van der Waals surface area contributed by atoms with Crippen LogP contribution in [0.15, 0.2) is 16.7 Å². The van der Waals surface area contributed by atoms with E-state index in [9.17, 15) is 5.11 Å². The topological polar surface area (TPSA) is 45.4 Å². The van der Waals surface area contributed by atoms with Crippen molar-refractivity contribution in [2.75, 3.05) is 13.2 Å². The first-order valence-corrected chi connectivity index (χ1v) is 5.80. The maximum Gasteiger partial charge on any atom is 0.108 e. The van der Waals surface area contributed by atoms with Gasteiger partial charge in [0.2, 0.25) is 0 Å². The second kappa shape index (κ2) is 3.65. The summed E-state index contributed by atoms with van der Waals surface area (Å²) in [5.74, 6) is 2.20. The lowest BCUT2D eigenvalue weighted by Crippen LogP contribution is -2.43. The number of piperidine rings is 1. The number of aliphatic hydroxyl groups is 1. The Labute approximate surface area is 89.5 Å². The molecule has 3 heteroatoms. The zero-order valence-corrected chi connectivity index (χ0v) is 8.78. The maximum atomic E-state index is 9.38. The van der Waals surface area contributed by atoms with Crippen LogP contribution in [0.1, 0.15) is 30.2 Å². The van der Waals surface area contributed by atoms with Gasteiger partial charge in [0.05, 0.1) is 6.26 Å². The summed E-state index contributed by atoms with van der Waals surface area (Å²) >= 11 is 0. The Morgan fingerprint density at radius 2 is 2.40 bits per heavy atom. The molecule has 0 amide bonds. The minimum atomic E-state index is 0.329. The third kappa shape index (κ3) is 1.42. The Morgan fingerprint density at radius 1 is 1.47 bits per heavy atom. The van der Waals surface area contributed by atoms with Crippen molar-refractivity contribution in [2.24, 2.45) is 11.8 Å². The predicted octanol–water partition coefficient (Wildman–Crippen LogP) is 1.48. The lowest BCUT2D eigenvalue weighted by molar-refractivity contribution is 0.0974. The van der Waals surface area contributed by atoms with E-state index in [0.29, 0.717) is 24.5 Å². The summed E-state index contributed by atoms with van der Waals surface area (Å²) in [4.78, 5) is 0. The Morgan fingerprint density at radius 3 is 3.27 bits per heavy atom. The highest BCUT2D eigenvalue weighted by Gasteiger charge is 2.38. The van der Waals surface area contributed by atoms with E-state index in [0.717, 1.165) is 31.6 Å². The molecule has 2 N–H and O–H groups in total. The van der Waals surface area contributed by atoms with Gasteiger partial charge < -0.3 is 14.8 Å². The summed E-state index contributed by atoms with van der Waals surface area (Å²) in [5.41, 5.74) is 1.32. The number of fused-ring (bicyclic) bond motifs is 3. The Balaban J connectivity index is 1.92. The molecule has 2 aliphatic rings. The van der Waals surface area contributed by atoms with Gasteiger partial charge in [0, 0.05) is 24.6 Å². The summed E-state index contributed by atoms with van der Waals surface area (Å²) in [6.45, 7) is 1.34. The number of hydrogen-bond donors (Lipinski definition) is 2. The van der Waals surface area contributed by atoms with Gasteiger partial charge >= 0.3 is 0 Å². The van der Waals surface area contributed by atoms with E-state index in [4.69, 9.17) is 4.42 Å². The SMILES string of the molecule is OCC1CCNC2c3ccoc3CCC12. The van der Waals surface area contributed by atoms with Crippen molar-refractivity contribution in [1.82, 2.24) is 5.32 Å². The van der Waals surface area contributed by atoms with Crippen molar-refractivity contribution in [3.05, 3.63) is 23.7 Å². The lowest BCUT2D eigenvalue weighted by Gasteiger charge is -2.40. The molecule has 1 aromatic heterocycles. The molecule has 1 aliphatic heterocycles. The number of aryl methyl sites for hydroxylation is 1. The van der Waals surface area contributed by atoms with Crippen molar-refractivity contribution in [1.29, 1.82) is 0 Å². The number of hydrogen-bond acceptors (Lipinski definition) is 3. The zero-order valence-electron chi connectivity index (χ0n) is 8.78. The van der Waals surface area contributed by atoms with Crippen molar-refractivity contribution >= 4 is 0 Å². The average molecular weight is 207 g/mol. The Bertz CT molecular complexity index is 347. The van der Waals surface area contributed by atoms with Gasteiger partial charge in [-0.2, -0.15) is 0 Å². The van der Waals surface area contributed by atoms with E-state index in [-0.39, 0.29) is 0 Å². The molecule has 0 saturated carbocycles. The van der Waals surface area contributed by atoms with Gasteiger partial charge in [0.1, 0.15) is 5.76 Å². The molecule has 0 spiro atoms. The molecule has 3 nitrogen and oxygen atoms in total. The minimum absolute atomic E-state index is 0.329. The fraction of sp³-hybridized carbons (Fsp3) is 0.667. The quantitative estimate of drug-likeness (QED) is 0.733. The number of rotatable bonds is 1. The smallest absolute Gasteiger partial charge is 0.108 e. The summed E-state index contributed by atoms with van der Waals surface area (Å²) in [6, 6.07) is 2.50. The fourth-order valence-electron chi connectivity index (χ4n) is 3.16. The molecule has 0 radical (unpaired) electrons. The molecule has 1 aliphatic carbocycles. The second-order valence-corrected chi connectivity index (χ2v) is 4.66. The van der Waals surface area contributed by atoms with E-state index >= 15 is 0 Å². The summed E-state index contributed by atoms with van der Waals surface area (Å²) in [6.07, 6.45) is 5.06. The highest BCUT2D eigenvalue weighted by Crippen LogP contribution is 2.42. The third-order valence-electron chi connectivity index (χ3n) is 3.97. The van der Waals surface area contributed by atoms with Gasteiger partial charge in [-0.05, 0) is 37.3 Å². The number of furan rings is 1. The van der Waals surface area contributed by atoms with E-state index in [2.05, 4.69) is 11.4 Å². The molecular weight excluding hydrogens is 190 g/mol. The van der Waals surface area contributed by atoms with Crippen LogP contribution >= 0.6 is 0 Å². The van der Waals surface area contributed by atoms with Gasteiger partial charge in [0.15, 0.2) is 0 Å². The van der Waals surface area contributed by atoms with Crippen molar-refractivity contribution < 1.29 is 9.52 Å². The average Bonchev–Trinajstić information content (AvgIpc) is 2.76. The normalized spacial score (nSPS) is 34.6. The largest absolute Gasteiger partial charge is 0.469 e. The van der Waals surface area contributed by atoms with E-state index in [1.54, 1.807) is 6.26 Å². The van der Waals surface area contributed by atoms with Crippen molar-refractivity contribution in [3.63, 3.8) is 0 Å². The van der Waals surface area contributed by atoms with Crippen LogP contribution in [0.3, 0.4) is 0 Å². The predicted molar refractivity (Wildman–Crippen MR) is 56.5 cm³/mol. The lowest BCUT2D eigenvalue weighted by atomic mass is 9.72. The number of nitrogens with one attached hydrogen (secondary N) is 1. The summed E-state index contributed by atoms with van der Waals surface area (Å²) in [5, 5.41) is 12.9. The summed E-state index contributed by atoms with van der Waals surface area (Å²) < 4.78 is 5.47. The summed E-state index contributed by atoms with van der Waals surface area (Å²) in [7, 11) is 0. The third-order valence-corrected chi connectivity index (χ3v) is 3.97. The monoisotopic (exact) mass is 207 g/mol. The van der Waals surface area contributed by atoms with Gasteiger partial charge in [-0.1, -0.05) is 0 Å². The van der Waals surface area contributed by atoms with E-state index < -0.39 is 0 Å². The van der Waals surface area contributed by atoms with Crippen LogP contribution in [-0.2, 0) is 6.42 Å². The molecule has 15 heavy (non-hydrogen) atoms. The van der Waals surface area contributed by atoms with Gasteiger partial charge in [-0.15, -0.1) is 0 Å². The van der Waals surface area contributed by atoms with Gasteiger partial charge in [-0.25, -0.2) is 0 Å². The van der Waals surface area contributed by atoms with Crippen LogP contribution in [0.25, 0.3) is 0 Å². The standard InChI is InChI=1S/C12H17NO2/c14-7-8-3-5-13-12-9(8)1-2-11-10(12)4-6-15-11/h4,6,8-9,12-14H,1-3,5,7H2.